The van der Waals surface area contributed by atoms with Crippen LogP contribution in [0.25, 0.3) is 11.1 Å². The third-order valence-corrected chi connectivity index (χ3v) is 2.89. The van der Waals surface area contributed by atoms with Gasteiger partial charge in [0, 0.05) is 10.6 Å². The number of carbonyl (C=O) groups is 1. The molecule has 0 spiro atoms. The van der Waals surface area contributed by atoms with Crippen LogP contribution in [-0.4, -0.2) is 5.91 Å². The molecule has 0 saturated heterocycles. The Morgan fingerprint density at radius 2 is 1.94 bits per heavy atom. The minimum absolute atomic E-state index is 0.425. The molecule has 0 aromatic heterocycles. The van der Waals surface area contributed by atoms with Crippen molar-refractivity contribution in [2.75, 3.05) is 0 Å². The predicted molar refractivity (Wildman–Crippen MR) is 70.1 cm³/mol. The average Bonchev–Trinajstić information content (AvgIpc) is 2.32. The van der Waals surface area contributed by atoms with Crippen molar-refractivity contribution in [3.63, 3.8) is 0 Å². The number of carbonyl (C=O) groups excluding carboxylic acids is 1. The van der Waals surface area contributed by atoms with Gasteiger partial charge in [-0.15, -0.1) is 0 Å². The van der Waals surface area contributed by atoms with Crippen molar-refractivity contribution in [2.24, 2.45) is 5.73 Å². The lowest BCUT2D eigenvalue weighted by Crippen LogP contribution is -2.10. The maximum absolute atomic E-state index is 11.1. The number of rotatable bonds is 2. The van der Waals surface area contributed by atoms with E-state index in [1.807, 2.05) is 37.3 Å². The number of halogens is 1. The van der Waals surface area contributed by atoms with Gasteiger partial charge in [0.1, 0.15) is 0 Å². The van der Waals surface area contributed by atoms with Gasteiger partial charge in [-0.2, -0.15) is 0 Å². The molecule has 2 N–H and O–H groups in total. The van der Waals surface area contributed by atoms with Crippen LogP contribution in [0.3, 0.4) is 0 Å². The van der Waals surface area contributed by atoms with Gasteiger partial charge in [0.2, 0.25) is 5.91 Å². The average molecular weight is 246 g/mol. The van der Waals surface area contributed by atoms with E-state index < -0.39 is 5.91 Å². The van der Waals surface area contributed by atoms with Crippen LogP contribution in [0.2, 0.25) is 5.02 Å². The molecule has 0 bridgehead atoms. The minimum atomic E-state index is -0.425. The van der Waals surface area contributed by atoms with Gasteiger partial charge in [0.05, 0.1) is 0 Å². The maximum atomic E-state index is 11.1. The van der Waals surface area contributed by atoms with Crippen LogP contribution in [-0.2, 0) is 0 Å². The fraction of sp³-hybridized carbons (Fsp3) is 0.0714. The van der Waals surface area contributed by atoms with Crippen molar-refractivity contribution < 1.29 is 4.79 Å². The van der Waals surface area contributed by atoms with Crippen molar-refractivity contribution in [3.05, 3.63) is 58.6 Å². The zero-order chi connectivity index (χ0) is 12.4. The van der Waals surface area contributed by atoms with Crippen LogP contribution in [0, 0.1) is 6.92 Å². The molecule has 0 radical (unpaired) electrons. The van der Waals surface area contributed by atoms with Gasteiger partial charge in [-0.3, -0.25) is 4.79 Å². The number of amides is 1. The van der Waals surface area contributed by atoms with E-state index in [9.17, 15) is 4.79 Å². The van der Waals surface area contributed by atoms with E-state index in [2.05, 4.69) is 0 Å². The summed E-state index contributed by atoms with van der Waals surface area (Å²) in [5, 5.41) is 0.676. The van der Waals surface area contributed by atoms with Crippen LogP contribution < -0.4 is 5.73 Å². The summed E-state index contributed by atoms with van der Waals surface area (Å²) in [5.74, 6) is -0.425. The summed E-state index contributed by atoms with van der Waals surface area (Å²) in [6.07, 6.45) is 0. The zero-order valence-electron chi connectivity index (χ0n) is 9.41. The summed E-state index contributed by atoms with van der Waals surface area (Å²) in [6, 6.07) is 12.9. The van der Waals surface area contributed by atoms with E-state index in [0.29, 0.717) is 10.6 Å². The molecule has 0 fully saturated rings. The van der Waals surface area contributed by atoms with E-state index in [0.717, 1.165) is 16.7 Å². The molecule has 2 aromatic carbocycles. The molecule has 2 rings (SSSR count). The van der Waals surface area contributed by atoms with Crippen molar-refractivity contribution in [2.45, 2.75) is 6.92 Å². The van der Waals surface area contributed by atoms with Gasteiger partial charge in [0.25, 0.3) is 0 Å². The van der Waals surface area contributed by atoms with Crippen LogP contribution in [0.15, 0.2) is 42.5 Å². The SMILES string of the molecule is Cc1ccc(Cl)cc1-c1cccc(C(N)=O)c1. The topological polar surface area (TPSA) is 43.1 Å². The second-order valence-electron chi connectivity index (χ2n) is 3.90. The molecular formula is C14H12ClNO. The minimum Gasteiger partial charge on any atom is -0.366 e. The second kappa shape index (κ2) is 4.60. The molecule has 1 amide bonds. The van der Waals surface area contributed by atoms with Gasteiger partial charge in [-0.25, -0.2) is 0 Å². The molecule has 0 aliphatic carbocycles. The molecule has 0 atom stereocenters. The third-order valence-electron chi connectivity index (χ3n) is 2.66. The largest absolute Gasteiger partial charge is 0.366 e. The summed E-state index contributed by atoms with van der Waals surface area (Å²) in [6.45, 7) is 2.00. The van der Waals surface area contributed by atoms with Crippen LogP contribution in [0.1, 0.15) is 15.9 Å². The van der Waals surface area contributed by atoms with Crippen molar-refractivity contribution in [3.8, 4) is 11.1 Å². The quantitative estimate of drug-likeness (QED) is 0.866. The molecular weight excluding hydrogens is 234 g/mol. The zero-order valence-corrected chi connectivity index (χ0v) is 10.2. The molecule has 86 valence electrons. The highest BCUT2D eigenvalue weighted by atomic mass is 35.5. The van der Waals surface area contributed by atoms with Gasteiger partial charge < -0.3 is 5.73 Å². The monoisotopic (exact) mass is 245 g/mol. The number of hydrogen-bond acceptors (Lipinski definition) is 1. The normalized spacial score (nSPS) is 10.2. The Labute approximate surface area is 105 Å². The lowest BCUT2D eigenvalue weighted by Gasteiger charge is -2.07. The van der Waals surface area contributed by atoms with Crippen LogP contribution >= 0.6 is 11.6 Å². The smallest absolute Gasteiger partial charge is 0.248 e. The highest BCUT2D eigenvalue weighted by Gasteiger charge is 2.06. The first-order valence-corrected chi connectivity index (χ1v) is 5.62. The van der Waals surface area contributed by atoms with E-state index in [-0.39, 0.29) is 0 Å². The number of nitrogens with two attached hydrogens (primary N) is 1. The lowest BCUT2D eigenvalue weighted by molar-refractivity contribution is 0.100. The third kappa shape index (κ3) is 2.48. The number of hydrogen-bond donors (Lipinski definition) is 1. The fourth-order valence-corrected chi connectivity index (χ4v) is 1.92. The van der Waals surface area contributed by atoms with E-state index in [1.54, 1.807) is 12.1 Å². The van der Waals surface area contributed by atoms with Gasteiger partial charge in [0.15, 0.2) is 0 Å². The first-order valence-electron chi connectivity index (χ1n) is 5.24. The van der Waals surface area contributed by atoms with E-state index >= 15 is 0 Å². The second-order valence-corrected chi connectivity index (χ2v) is 4.34. The predicted octanol–water partition coefficient (Wildman–Crippen LogP) is 3.41. The molecule has 0 unspecified atom stereocenters. The van der Waals surface area contributed by atoms with Gasteiger partial charge in [-0.05, 0) is 47.9 Å². The highest BCUT2D eigenvalue weighted by Crippen LogP contribution is 2.27. The van der Waals surface area contributed by atoms with Crippen LogP contribution in [0.4, 0.5) is 0 Å². The molecule has 0 heterocycles. The van der Waals surface area contributed by atoms with Crippen LogP contribution in [0.5, 0.6) is 0 Å². The summed E-state index contributed by atoms with van der Waals surface area (Å²) in [5.41, 5.74) is 8.83. The number of benzene rings is 2. The lowest BCUT2D eigenvalue weighted by atomic mass is 9.99. The Hall–Kier alpha value is -1.80. The Kier molecular flexibility index (Phi) is 3.16. The highest BCUT2D eigenvalue weighted by molar-refractivity contribution is 6.30. The summed E-state index contributed by atoms with van der Waals surface area (Å²) < 4.78 is 0. The molecule has 3 heteroatoms. The Morgan fingerprint density at radius 3 is 2.65 bits per heavy atom. The van der Waals surface area contributed by atoms with Crippen molar-refractivity contribution >= 4 is 17.5 Å². The standard InChI is InChI=1S/C14H12ClNO/c1-9-5-6-12(15)8-13(9)10-3-2-4-11(7-10)14(16)17/h2-8H,1H3,(H2,16,17). The Morgan fingerprint density at radius 1 is 1.18 bits per heavy atom. The Bertz CT molecular complexity index is 578. The van der Waals surface area contributed by atoms with E-state index in [1.165, 1.54) is 0 Å². The first-order chi connectivity index (χ1) is 8.08. The summed E-state index contributed by atoms with van der Waals surface area (Å²) in [7, 11) is 0. The Balaban J connectivity index is 2.56. The molecule has 2 aromatic rings. The fourth-order valence-electron chi connectivity index (χ4n) is 1.75. The summed E-state index contributed by atoms with van der Waals surface area (Å²) in [4.78, 5) is 11.1. The molecule has 0 saturated carbocycles. The van der Waals surface area contributed by atoms with Gasteiger partial charge in [-0.1, -0.05) is 29.8 Å². The van der Waals surface area contributed by atoms with E-state index in [4.69, 9.17) is 17.3 Å². The van der Waals surface area contributed by atoms with Gasteiger partial charge >= 0.3 is 0 Å². The molecule has 0 aliphatic heterocycles. The maximum Gasteiger partial charge on any atom is 0.248 e. The number of aryl methyl sites for hydroxylation is 1. The first kappa shape index (κ1) is 11.7. The molecule has 2 nitrogen and oxygen atoms in total. The summed E-state index contributed by atoms with van der Waals surface area (Å²) >= 11 is 5.98. The molecule has 0 aliphatic rings. The van der Waals surface area contributed by atoms with Crippen molar-refractivity contribution in [1.82, 2.24) is 0 Å². The molecule has 17 heavy (non-hydrogen) atoms. The van der Waals surface area contributed by atoms with Crippen molar-refractivity contribution in [1.29, 1.82) is 0 Å². The number of primary amides is 1.